The number of amides is 2. The van der Waals surface area contributed by atoms with E-state index in [0.717, 1.165) is 11.1 Å². The Morgan fingerprint density at radius 1 is 1.26 bits per heavy atom. The number of pyridine rings is 2. The molecule has 0 spiro atoms. The molecule has 0 saturated carbocycles. The molecule has 136 valence electrons. The van der Waals surface area contributed by atoms with Crippen LogP contribution in [0, 0.1) is 6.92 Å². The molecule has 27 heavy (non-hydrogen) atoms. The highest BCUT2D eigenvalue weighted by atomic mass is 16.4. The van der Waals surface area contributed by atoms with E-state index in [0.29, 0.717) is 29.5 Å². The minimum Gasteiger partial charge on any atom is -0.439 e. The van der Waals surface area contributed by atoms with Crippen LogP contribution in [0.5, 0.6) is 0 Å². The van der Waals surface area contributed by atoms with Gasteiger partial charge in [0.05, 0.1) is 6.20 Å². The van der Waals surface area contributed by atoms with E-state index in [4.69, 9.17) is 4.42 Å². The number of fused-ring (bicyclic) bond motifs is 1. The summed E-state index contributed by atoms with van der Waals surface area (Å²) in [5, 5.41) is 9.66. The summed E-state index contributed by atoms with van der Waals surface area (Å²) < 4.78 is 7.29. The normalized spacial score (nSPS) is 10.9. The van der Waals surface area contributed by atoms with Crippen molar-refractivity contribution in [2.24, 2.45) is 0 Å². The molecule has 9 heteroatoms. The van der Waals surface area contributed by atoms with Crippen LogP contribution in [-0.4, -0.2) is 37.1 Å². The van der Waals surface area contributed by atoms with Gasteiger partial charge >= 0.3 is 6.03 Å². The summed E-state index contributed by atoms with van der Waals surface area (Å²) in [4.78, 5) is 24.5. The molecule has 0 aliphatic carbocycles. The highest BCUT2D eigenvalue weighted by molar-refractivity contribution is 5.87. The number of nitrogens with one attached hydrogen (secondary N) is 2. The van der Waals surface area contributed by atoms with Gasteiger partial charge in [-0.3, -0.25) is 10.3 Å². The first kappa shape index (κ1) is 16.7. The molecule has 4 heterocycles. The van der Waals surface area contributed by atoms with Gasteiger partial charge in [-0.05, 0) is 30.7 Å². The average Bonchev–Trinajstić information content (AvgIpc) is 3.27. The Balaban J connectivity index is 1.86. The molecular formula is C18H17N7O2. The Kier molecular flexibility index (Phi) is 4.25. The fourth-order valence-electron chi connectivity index (χ4n) is 2.70. The van der Waals surface area contributed by atoms with Crippen molar-refractivity contribution in [3.63, 3.8) is 0 Å². The van der Waals surface area contributed by atoms with Gasteiger partial charge in [0.2, 0.25) is 0 Å². The zero-order chi connectivity index (χ0) is 18.8. The lowest BCUT2D eigenvalue weighted by Gasteiger charge is -2.05. The molecule has 9 nitrogen and oxygen atoms in total. The second kappa shape index (κ2) is 6.87. The van der Waals surface area contributed by atoms with Gasteiger partial charge in [0.25, 0.3) is 5.95 Å². The van der Waals surface area contributed by atoms with Crippen LogP contribution in [0.25, 0.3) is 28.2 Å². The summed E-state index contributed by atoms with van der Waals surface area (Å²) in [6.45, 7) is 4.11. The van der Waals surface area contributed by atoms with Gasteiger partial charge < -0.3 is 9.73 Å². The van der Waals surface area contributed by atoms with Gasteiger partial charge in [0.1, 0.15) is 5.69 Å². The summed E-state index contributed by atoms with van der Waals surface area (Å²) in [6.07, 6.45) is 5.12. The first-order valence-electron chi connectivity index (χ1n) is 8.43. The largest absolute Gasteiger partial charge is 0.439 e. The number of oxazole rings is 1. The van der Waals surface area contributed by atoms with Crippen LogP contribution in [0.4, 0.5) is 10.7 Å². The molecule has 0 atom stereocenters. The quantitative estimate of drug-likeness (QED) is 0.577. The average molecular weight is 363 g/mol. The first-order valence-corrected chi connectivity index (χ1v) is 8.43. The number of aryl methyl sites for hydroxylation is 1. The fraction of sp³-hybridized carbons (Fsp3) is 0.167. The van der Waals surface area contributed by atoms with E-state index in [1.54, 1.807) is 30.0 Å². The van der Waals surface area contributed by atoms with Crippen molar-refractivity contribution >= 4 is 17.6 Å². The van der Waals surface area contributed by atoms with Gasteiger partial charge in [-0.2, -0.15) is 4.98 Å². The van der Waals surface area contributed by atoms with Crippen molar-refractivity contribution < 1.29 is 9.21 Å². The predicted molar refractivity (Wildman–Crippen MR) is 99.1 cm³/mol. The molecule has 0 aliphatic heterocycles. The third-order valence-corrected chi connectivity index (χ3v) is 3.87. The van der Waals surface area contributed by atoms with Crippen molar-refractivity contribution in [2.45, 2.75) is 13.8 Å². The van der Waals surface area contributed by atoms with Crippen LogP contribution in [0.1, 0.15) is 12.8 Å². The number of hydrogen-bond donors (Lipinski definition) is 2. The zero-order valence-electron chi connectivity index (χ0n) is 14.8. The van der Waals surface area contributed by atoms with Crippen molar-refractivity contribution in [1.82, 2.24) is 29.9 Å². The third-order valence-electron chi connectivity index (χ3n) is 3.87. The number of carbonyl (C=O) groups excluding carboxylic acids is 1. The molecule has 4 aromatic rings. The zero-order valence-corrected chi connectivity index (χ0v) is 14.8. The lowest BCUT2D eigenvalue weighted by atomic mass is 10.1. The lowest BCUT2D eigenvalue weighted by molar-refractivity contribution is 0.252. The number of urea groups is 1. The van der Waals surface area contributed by atoms with Crippen LogP contribution in [0.15, 0.2) is 47.3 Å². The van der Waals surface area contributed by atoms with Gasteiger partial charge in [-0.15, -0.1) is 5.10 Å². The molecule has 4 aromatic heterocycles. The number of carbonyl (C=O) groups is 1. The van der Waals surface area contributed by atoms with Crippen molar-refractivity contribution in [2.75, 3.05) is 11.9 Å². The smallest absolute Gasteiger partial charge is 0.321 e. The molecule has 4 rings (SSSR count). The second-order valence-electron chi connectivity index (χ2n) is 5.80. The van der Waals surface area contributed by atoms with Crippen LogP contribution >= 0.6 is 0 Å². The standard InChI is InChI=1S/C18H17N7O2/c1-3-20-18(26)23-17-22-16-8-13(12-5-4-6-19-9-12)7-14(25(16)24-17)15-10-21-11(2)27-15/h4-10H,3H2,1-2H3,(H2,20,23,24,26). The van der Waals surface area contributed by atoms with Crippen molar-refractivity contribution in [1.29, 1.82) is 0 Å². The molecule has 0 aliphatic rings. The summed E-state index contributed by atoms with van der Waals surface area (Å²) in [7, 11) is 0. The monoisotopic (exact) mass is 363 g/mol. The van der Waals surface area contributed by atoms with E-state index in [-0.39, 0.29) is 12.0 Å². The Labute approximate surface area is 154 Å². The first-order chi connectivity index (χ1) is 13.1. The minimum atomic E-state index is -0.363. The van der Waals surface area contributed by atoms with Crippen molar-refractivity contribution in [3.05, 3.63) is 48.7 Å². The fourth-order valence-corrected chi connectivity index (χ4v) is 2.70. The van der Waals surface area contributed by atoms with E-state index in [9.17, 15) is 4.79 Å². The highest BCUT2D eigenvalue weighted by Gasteiger charge is 2.16. The molecule has 0 radical (unpaired) electrons. The summed E-state index contributed by atoms with van der Waals surface area (Å²) >= 11 is 0. The molecule has 2 N–H and O–H groups in total. The SMILES string of the molecule is CCNC(=O)Nc1nc2cc(-c3cccnc3)cc(-c3cnc(C)o3)n2n1. The molecular weight excluding hydrogens is 346 g/mol. The Morgan fingerprint density at radius 3 is 2.85 bits per heavy atom. The lowest BCUT2D eigenvalue weighted by Crippen LogP contribution is -2.28. The second-order valence-corrected chi connectivity index (χ2v) is 5.80. The van der Waals surface area contributed by atoms with Crippen LogP contribution in [0.2, 0.25) is 0 Å². The van der Waals surface area contributed by atoms with Crippen LogP contribution < -0.4 is 10.6 Å². The molecule has 0 unspecified atom stereocenters. The van der Waals surface area contributed by atoms with Gasteiger partial charge in [-0.1, -0.05) is 6.07 Å². The van der Waals surface area contributed by atoms with Gasteiger partial charge in [-0.25, -0.2) is 14.3 Å². The maximum atomic E-state index is 11.8. The Hall–Kier alpha value is -3.75. The molecule has 0 aromatic carbocycles. The van der Waals surface area contributed by atoms with Crippen molar-refractivity contribution in [3.8, 4) is 22.6 Å². The molecule has 0 fully saturated rings. The van der Waals surface area contributed by atoms with Crippen LogP contribution in [0.3, 0.4) is 0 Å². The van der Waals surface area contributed by atoms with Crippen LogP contribution in [-0.2, 0) is 0 Å². The number of hydrogen-bond acceptors (Lipinski definition) is 6. The van der Waals surface area contributed by atoms with Gasteiger partial charge in [0, 0.05) is 31.4 Å². The topological polar surface area (TPSA) is 110 Å². The summed E-state index contributed by atoms with van der Waals surface area (Å²) in [5.74, 6) is 1.30. The summed E-state index contributed by atoms with van der Waals surface area (Å²) in [6, 6.07) is 7.26. The van der Waals surface area contributed by atoms with Gasteiger partial charge in [0.15, 0.2) is 17.3 Å². The Bertz CT molecular complexity index is 1100. The summed E-state index contributed by atoms with van der Waals surface area (Å²) in [5.41, 5.74) is 3.06. The van der Waals surface area contributed by atoms with E-state index >= 15 is 0 Å². The number of aromatic nitrogens is 5. The maximum absolute atomic E-state index is 11.8. The number of nitrogens with zero attached hydrogens (tertiary/aromatic N) is 5. The van der Waals surface area contributed by atoms with E-state index in [1.165, 1.54) is 0 Å². The van der Waals surface area contributed by atoms with E-state index < -0.39 is 0 Å². The third kappa shape index (κ3) is 3.34. The Morgan fingerprint density at radius 2 is 2.15 bits per heavy atom. The van der Waals surface area contributed by atoms with E-state index in [2.05, 4.69) is 30.7 Å². The maximum Gasteiger partial charge on any atom is 0.321 e. The number of rotatable bonds is 4. The minimum absolute atomic E-state index is 0.196. The predicted octanol–water partition coefficient (Wildman–Crippen LogP) is 2.90. The highest BCUT2D eigenvalue weighted by Crippen LogP contribution is 2.28. The molecule has 2 amide bonds. The number of anilines is 1. The molecule has 0 saturated heterocycles. The molecule has 0 bridgehead atoms. The van der Waals surface area contributed by atoms with E-state index in [1.807, 2.05) is 31.2 Å².